The van der Waals surface area contributed by atoms with Gasteiger partial charge in [0, 0.05) is 41.4 Å². The molecule has 0 saturated heterocycles. The van der Waals surface area contributed by atoms with Crippen LogP contribution in [0.15, 0.2) is 65.7 Å². The zero-order chi connectivity index (χ0) is 16.7. The van der Waals surface area contributed by atoms with E-state index < -0.39 is 0 Å². The summed E-state index contributed by atoms with van der Waals surface area (Å²) in [5.74, 6) is -0.243. The third-order valence-electron chi connectivity index (χ3n) is 4.15. The molecule has 118 valence electrons. The topological polar surface area (TPSA) is 66.9 Å². The minimum Gasteiger partial charge on any atom is -0.361 e. The van der Waals surface area contributed by atoms with E-state index in [0.717, 1.165) is 10.9 Å². The Morgan fingerprint density at radius 2 is 1.88 bits per heavy atom. The lowest BCUT2D eigenvalue weighted by molar-refractivity contribution is 0.102. The van der Waals surface area contributed by atoms with Gasteiger partial charge in [-0.2, -0.15) is 0 Å². The summed E-state index contributed by atoms with van der Waals surface area (Å²) in [6.07, 6.45) is 3.43. The predicted octanol–water partition coefficient (Wildman–Crippen LogP) is 3.27. The number of pyridine rings is 1. The minimum absolute atomic E-state index is 0.116. The zero-order valence-corrected chi connectivity index (χ0v) is 13.0. The van der Waals surface area contributed by atoms with Crippen LogP contribution in [0.3, 0.4) is 0 Å². The molecule has 2 N–H and O–H groups in total. The molecule has 0 aliphatic heterocycles. The van der Waals surface area contributed by atoms with Gasteiger partial charge in [-0.15, -0.1) is 0 Å². The van der Waals surface area contributed by atoms with E-state index in [1.807, 2.05) is 36.5 Å². The Bertz CT molecular complexity index is 1140. The molecule has 0 atom stereocenters. The highest BCUT2D eigenvalue weighted by atomic mass is 16.2. The van der Waals surface area contributed by atoms with E-state index in [2.05, 4.69) is 10.3 Å². The normalized spacial score (nSPS) is 11.0. The molecular formula is C19H15N3O2. The number of aromatic nitrogens is 2. The SMILES string of the molecule is Cn1cc(C(=O)Nc2ccc3cc[nH]c3c2)c2ccccc2c1=O. The molecule has 0 unspecified atom stereocenters. The van der Waals surface area contributed by atoms with Gasteiger partial charge < -0.3 is 14.9 Å². The Hall–Kier alpha value is -3.34. The van der Waals surface area contributed by atoms with Crippen LogP contribution in [0.4, 0.5) is 5.69 Å². The monoisotopic (exact) mass is 317 g/mol. The van der Waals surface area contributed by atoms with Crippen molar-refractivity contribution in [2.24, 2.45) is 7.05 Å². The van der Waals surface area contributed by atoms with Crippen LogP contribution >= 0.6 is 0 Å². The fraction of sp³-hybridized carbons (Fsp3) is 0.0526. The number of carbonyl (C=O) groups excluding carboxylic acids is 1. The predicted molar refractivity (Wildman–Crippen MR) is 95.4 cm³/mol. The summed E-state index contributed by atoms with van der Waals surface area (Å²) in [5, 5.41) is 5.18. The molecule has 0 bridgehead atoms. The summed E-state index contributed by atoms with van der Waals surface area (Å²) < 4.78 is 1.44. The van der Waals surface area contributed by atoms with E-state index in [4.69, 9.17) is 0 Å². The summed E-state index contributed by atoms with van der Waals surface area (Å²) in [6, 6.07) is 14.8. The zero-order valence-electron chi connectivity index (χ0n) is 13.0. The number of carbonyl (C=O) groups is 1. The Morgan fingerprint density at radius 3 is 2.71 bits per heavy atom. The lowest BCUT2D eigenvalue weighted by Gasteiger charge is -2.10. The highest BCUT2D eigenvalue weighted by molar-refractivity contribution is 6.12. The van der Waals surface area contributed by atoms with Crippen molar-refractivity contribution >= 4 is 33.3 Å². The maximum absolute atomic E-state index is 12.7. The first-order valence-corrected chi connectivity index (χ1v) is 7.60. The molecule has 2 heterocycles. The van der Waals surface area contributed by atoms with Crippen LogP contribution < -0.4 is 10.9 Å². The second kappa shape index (κ2) is 5.38. The highest BCUT2D eigenvalue weighted by Crippen LogP contribution is 2.20. The van der Waals surface area contributed by atoms with E-state index in [9.17, 15) is 9.59 Å². The minimum atomic E-state index is -0.243. The average molecular weight is 317 g/mol. The van der Waals surface area contributed by atoms with Crippen LogP contribution in [-0.2, 0) is 7.05 Å². The van der Waals surface area contributed by atoms with E-state index in [1.54, 1.807) is 31.4 Å². The molecule has 4 aromatic rings. The van der Waals surface area contributed by atoms with Gasteiger partial charge in [-0.05, 0) is 29.7 Å². The van der Waals surface area contributed by atoms with E-state index in [-0.39, 0.29) is 11.5 Å². The van der Waals surface area contributed by atoms with Crippen LogP contribution in [0, 0.1) is 0 Å². The molecule has 0 fully saturated rings. The summed E-state index contributed by atoms with van der Waals surface area (Å²) in [4.78, 5) is 28.1. The van der Waals surface area contributed by atoms with Gasteiger partial charge in [0.2, 0.25) is 0 Å². The van der Waals surface area contributed by atoms with Crippen LogP contribution in [0.25, 0.3) is 21.7 Å². The van der Waals surface area contributed by atoms with Crippen LogP contribution in [0.1, 0.15) is 10.4 Å². The standard InChI is InChI=1S/C19H15N3O2/c1-22-11-16(14-4-2-3-5-15(14)19(22)24)18(23)21-13-7-6-12-8-9-20-17(12)10-13/h2-11,20H,1H3,(H,21,23). The van der Waals surface area contributed by atoms with Gasteiger partial charge in [0.05, 0.1) is 5.56 Å². The van der Waals surface area contributed by atoms with Gasteiger partial charge in [-0.25, -0.2) is 0 Å². The molecule has 0 radical (unpaired) electrons. The van der Waals surface area contributed by atoms with Gasteiger partial charge in [-0.3, -0.25) is 9.59 Å². The van der Waals surface area contributed by atoms with Crippen molar-refractivity contribution in [2.45, 2.75) is 0 Å². The van der Waals surface area contributed by atoms with Crippen molar-refractivity contribution in [2.75, 3.05) is 5.32 Å². The van der Waals surface area contributed by atoms with Crippen molar-refractivity contribution in [1.29, 1.82) is 0 Å². The number of nitrogens with one attached hydrogen (secondary N) is 2. The first-order valence-electron chi connectivity index (χ1n) is 7.60. The molecule has 4 rings (SSSR count). The van der Waals surface area contributed by atoms with Gasteiger partial charge in [-0.1, -0.05) is 24.3 Å². The third kappa shape index (κ3) is 2.27. The number of aromatic amines is 1. The fourth-order valence-electron chi connectivity index (χ4n) is 2.92. The number of nitrogens with zero attached hydrogens (tertiary/aromatic N) is 1. The molecule has 0 spiro atoms. The second-order valence-corrected chi connectivity index (χ2v) is 5.74. The summed E-state index contributed by atoms with van der Waals surface area (Å²) >= 11 is 0. The first-order chi connectivity index (χ1) is 11.6. The Labute approximate surface area is 137 Å². The largest absolute Gasteiger partial charge is 0.361 e. The molecule has 2 aromatic carbocycles. The van der Waals surface area contributed by atoms with Crippen molar-refractivity contribution in [3.63, 3.8) is 0 Å². The quantitative estimate of drug-likeness (QED) is 0.596. The number of rotatable bonds is 2. The molecule has 5 heteroatoms. The van der Waals surface area contributed by atoms with E-state index in [1.165, 1.54) is 4.57 Å². The number of fused-ring (bicyclic) bond motifs is 2. The van der Waals surface area contributed by atoms with Gasteiger partial charge in [0.1, 0.15) is 0 Å². The number of amides is 1. The van der Waals surface area contributed by atoms with Gasteiger partial charge in [0.25, 0.3) is 11.5 Å². The molecule has 0 aliphatic rings. The molecule has 5 nitrogen and oxygen atoms in total. The molecule has 0 saturated carbocycles. The number of hydrogen-bond acceptors (Lipinski definition) is 2. The molecule has 0 aliphatic carbocycles. The number of aryl methyl sites for hydroxylation is 1. The summed E-state index contributed by atoms with van der Waals surface area (Å²) in [5.41, 5.74) is 2.01. The third-order valence-corrected chi connectivity index (χ3v) is 4.15. The number of anilines is 1. The van der Waals surface area contributed by atoms with Crippen molar-refractivity contribution in [3.8, 4) is 0 Å². The van der Waals surface area contributed by atoms with E-state index in [0.29, 0.717) is 22.0 Å². The number of benzene rings is 2. The fourth-order valence-corrected chi connectivity index (χ4v) is 2.92. The Kier molecular flexibility index (Phi) is 3.20. The van der Waals surface area contributed by atoms with Gasteiger partial charge >= 0.3 is 0 Å². The Morgan fingerprint density at radius 1 is 1.08 bits per heavy atom. The first kappa shape index (κ1) is 14.3. The smallest absolute Gasteiger partial charge is 0.258 e. The van der Waals surface area contributed by atoms with Crippen LogP contribution in [0.2, 0.25) is 0 Å². The molecule has 24 heavy (non-hydrogen) atoms. The summed E-state index contributed by atoms with van der Waals surface area (Å²) in [7, 11) is 1.65. The van der Waals surface area contributed by atoms with Gasteiger partial charge in [0.15, 0.2) is 0 Å². The van der Waals surface area contributed by atoms with Crippen LogP contribution in [0.5, 0.6) is 0 Å². The molecule has 2 aromatic heterocycles. The second-order valence-electron chi connectivity index (χ2n) is 5.74. The lowest BCUT2D eigenvalue weighted by Crippen LogP contribution is -2.21. The highest BCUT2D eigenvalue weighted by Gasteiger charge is 2.14. The Balaban J connectivity index is 1.78. The number of hydrogen-bond donors (Lipinski definition) is 2. The number of H-pyrrole nitrogens is 1. The average Bonchev–Trinajstić information content (AvgIpc) is 3.06. The maximum Gasteiger partial charge on any atom is 0.258 e. The van der Waals surface area contributed by atoms with Crippen molar-refractivity contribution in [1.82, 2.24) is 9.55 Å². The molecular weight excluding hydrogens is 302 g/mol. The van der Waals surface area contributed by atoms with Crippen molar-refractivity contribution < 1.29 is 4.79 Å². The van der Waals surface area contributed by atoms with Crippen molar-refractivity contribution in [3.05, 3.63) is 76.8 Å². The van der Waals surface area contributed by atoms with E-state index >= 15 is 0 Å². The lowest BCUT2D eigenvalue weighted by atomic mass is 10.1. The maximum atomic E-state index is 12.7. The molecule has 1 amide bonds. The van der Waals surface area contributed by atoms with Crippen LogP contribution in [-0.4, -0.2) is 15.5 Å². The summed E-state index contributed by atoms with van der Waals surface area (Å²) in [6.45, 7) is 0.